The summed E-state index contributed by atoms with van der Waals surface area (Å²) in [5, 5.41) is 0.0467. The van der Waals surface area contributed by atoms with Crippen LogP contribution in [0.4, 0.5) is 0 Å². The van der Waals surface area contributed by atoms with Crippen LogP contribution in [0.1, 0.15) is 45.4 Å². The van der Waals surface area contributed by atoms with Gasteiger partial charge in [0, 0.05) is 25.4 Å². The Hall–Kier alpha value is -0.240. The Balaban J connectivity index is 2.16. The lowest BCUT2D eigenvalue weighted by Crippen LogP contribution is -2.31. The van der Waals surface area contributed by atoms with Gasteiger partial charge < -0.3 is 4.90 Å². The smallest absolute Gasteiger partial charge is 0.222 e. The minimum Gasteiger partial charge on any atom is -0.344 e. The number of alkyl halides is 1. The average molecular weight is 232 g/mol. The van der Waals surface area contributed by atoms with Gasteiger partial charge in [0.2, 0.25) is 5.91 Å². The summed E-state index contributed by atoms with van der Waals surface area (Å²) in [7, 11) is 1.84. The Kier molecular flexibility index (Phi) is 5.44. The van der Waals surface area contributed by atoms with Crippen LogP contribution in [-0.4, -0.2) is 29.8 Å². The van der Waals surface area contributed by atoms with Crippen LogP contribution in [0, 0.1) is 5.92 Å². The Bertz CT molecular complexity index is 200. The largest absolute Gasteiger partial charge is 0.344 e. The number of hydrogen-bond acceptors (Lipinski definition) is 1. The third kappa shape index (κ3) is 4.87. The molecule has 1 atom stereocenters. The molecule has 1 amide bonds. The van der Waals surface area contributed by atoms with Crippen LogP contribution >= 0.6 is 11.6 Å². The number of carbonyl (C=O) groups excluding carboxylic acids is 1. The zero-order valence-corrected chi connectivity index (χ0v) is 10.6. The third-order valence-corrected chi connectivity index (χ3v) is 3.33. The number of amides is 1. The Morgan fingerprint density at radius 3 is 2.60 bits per heavy atom. The van der Waals surface area contributed by atoms with Crippen LogP contribution in [0.3, 0.4) is 0 Å². The predicted octanol–water partition coefficient (Wildman–Crippen LogP) is 3.04. The van der Waals surface area contributed by atoms with Gasteiger partial charge in [0.15, 0.2) is 0 Å². The van der Waals surface area contributed by atoms with Crippen LogP contribution in [0.5, 0.6) is 0 Å². The van der Waals surface area contributed by atoms with Gasteiger partial charge in [-0.2, -0.15) is 0 Å². The minimum absolute atomic E-state index is 0.0467. The highest BCUT2D eigenvalue weighted by Crippen LogP contribution is 2.28. The molecular formula is C12H22ClNO. The number of rotatable bonds is 5. The molecular weight excluding hydrogens is 210 g/mol. The summed E-state index contributed by atoms with van der Waals surface area (Å²) in [5.74, 6) is 1.05. The highest BCUT2D eigenvalue weighted by molar-refractivity contribution is 6.20. The van der Waals surface area contributed by atoms with Crippen molar-refractivity contribution in [3.05, 3.63) is 0 Å². The van der Waals surface area contributed by atoms with Crippen LogP contribution in [-0.2, 0) is 4.79 Å². The molecule has 1 fully saturated rings. The SMILES string of the molecule is CC(Cl)CN(C)C(=O)CCC1CCCC1. The van der Waals surface area contributed by atoms with E-state index in [2.05, 4.69) is 0 Å². The molecule has 0 radical (unpaired) electrons. The molecule has 0 aromatic rings. The lowest BCUT2D eigenvalue weighted by molar-refractivity contribution is -0.130. The summed E-state index contributed by atoms with van der Waals surface area (Å²) in [6.45, 7) is 2.58. The fraction of sp³-hybridized carbons (Fsp3) is 0.917. The van der Waals surface area contributed by atoms with Crippen molar-refractivity contribution in [2.75, 3.05) is 13.6 Å². The van der Waals surface area contributed by atoms with Gasteiger partial charge in [0.05, 0.1) is 0 Å². The second-order valence-corrected chi connectivity index (χ2v) is 5.49. The second-order valence-electron chi connectivity index (χ2n) is 4.74. The van der Waals surface area contributed by atoms with Crippen molar-refractivity contribution in [1.82, 2.24) is 4.90 Å². The summed E-state index contributed by atoms with van der Waals surface area (Å²) in [5.41, 5.74) is 0. The van der Waals surface area contributed by atoms with E-state index in [4.69, 9.17) is 11.6 Å². The van der Waals surface area contributed by atoms with E-state index in [9.17, 15) is 4.79 Å². The molecule has 1 saturated carbocycles. The quantitative estimate of drug-likeness (QED) is 0.666. The molecule has 3 heteroatoms. The standard InChI is InChI=1S/C12H22ClNO/c1-10(13)9-14(2)12(15)8-7-11-5-3-4-6-11/h10-11H,3-9H2,1-2H3. The van der Waals surface area contributed by atoms with E-state index in [0.717, 1.165) is 12.3 Å². The summed E-state index contributed by atoms with van der Waals surface area (Å²) in [6.07, 6.45) is 7.12. The maximum atomic E-state index is 11.7. The molecule has 1 aliphatic rings. The monoisotopic (exact) mass is 231 g/mol. The first-order valence-electron chi connectivity index (χ1n) is 5.97. The molecule has 0 aliphatic heterocycles. The van der Waals surface area contributed by atoms with Crippen molar-refractivity contribution in [3.63, 3.8) is 0 Å². The fourth-order valence-corrected chi connectivity index (χ4v) is 2.50. The van der Waals surface area contributed by atoms with Crippen molar-refractivity contribution < 1.29 is 4.79 Å². The number of hydrogen-bond donors (Lipinski definition) is 0. The van der Waals surface area contributed by atoms with E-state index >= 15 is 0 Å². The van der Waals surface area contributed by atoms with Crippen molar-refractivity contribution >= 4 is 17.5 Å². The van der Waals surface area contributed by atoms with Crippen molar-refractivity contribution in [2.24, 2.45) is 5.92 Å². The summed E-state index contributed by atoms with van der Waals surface area (Å²) >= 11 is 5.85. The van der Waals surface area contributed by atoms with Crippen LogP contribution in [0.2, 0.25) is 0 Å². The first-order chi connectivity index (χ1) is 7.09. The summed E-state index contributed by atoms with van der Waals surface area (Å²) in [6, 6.07) is 0. The van der Waals surface area contributed by atoms with E-state index in [1.165, 1.54) is 25.7 Å². The van der Waals surface area contributed by atoms with E-state index in [0.29, 0.717) is 13.0 Å². The van der Waals surface area contributed by atoms with Gasteiger partial charge in [-0.25, -0.2) is 0 Å². The van der Waals surface area contributed by atoms with E-state index in [1.54, 1.807) is 4.90 Å². The van der Waals surface area contributed by atoms with Gasteiger partial charge in [0.1, 0.15) is 0 Å². The van der Waals surface area contributed by atoms with Crippen molar-refractivity contribution in [1.29, 1.82) is 0 Å². The zero-order chi connectivity index (χ0) is 11.3. The minimum atomic E-state index is 0.0467. The topological polar surface area (TPSA) is 20.3 Å². The number of carbonyl (C=O) groups is 1. The summed E-state index contributed by atoms with van der Waals surface area (Å²) in [4.78, 5) is 13.5. The van der Waals surface area contributed by atoms with Crippen LogP contribution < -0.4 is 0 Å². The highest BCUT2D eigenvalue weighted by Gasteiger charge is 2.17. The normalized spacial score (nSPS) is 19.1. The molecule has 0 aromatic heterocycles. The molecule has 2 nitrogen and oxygen atoms in total. The van der Waals surface area contributed by atoms with E-state index < -0.39 is 0 Å². The molecule has 1 rings (SSSR count). The van der Waals surface area contributed by atoms with Gasteiger partial charge in [-0.1, -0.05) is 25.7 Å². The van der Waals surface area contributed by atoms with Gasteiger partial charge in [-0.3, -0.25) is 4.79 Å². The zero-order valence-electron chi connectivity index (χ0n) is 9.84. The van der Waals surface area contributed by atoms with Crippen molar-refractivity contribution in [3.8, 4) is 0 Å². The molecule has 88 valence electrons. The number of halogens is 1. The Morgan fingerprint density at radius 1 is 1.47 bits per heavy atom. The lowest BCUT2D eigenvalue weighted by atomic mass is 10.0. The maximum absolute atomic E-state index is 11.7. The van der Waals surface area contributed by atoms with Gasteiger partial charge in [-0.15, -0.1) is 11.6 Å². The van der Waals surface area contributed by atoms with Crippen LogP contribution in [0.25, 0.3) is 0 Å². The van der Waals surface area contributed by atoms with Gasteiger partial charge >= 0.3 is 0 Å². The van der Waals surface area contributed by atoms with Crippen molar-refractivity contribution in [2.45, 2.75) is 50.8 Å². The predicted molar refractivity (Wildman–Crippen MR) is 64.1 cm³/mol. The summed E-state index contributed by atoms with van der Waals surface area (Å²) < 4.78 is 0. The second kappa shape index (κ2) is 6.37. The average Bonchev–Trinajstić information content (AvgIpc) is 2.65. The molecule has 1 aliphatic carbocycles. The Labute approximate surface area is 98.0 Å². The molecule has 0 aromatic carbocycles. The number of nitrogens with zero attached hydrogens (tertiary/aromatic N) is 1. The lowest BCUT2D eigenvalue weighted by Gasteiger charge is -2.19. The molecule has 0 N–H and O–H groups in total. The fourth-order valence-electron chi connectivity index (χ4n) is 2.30. The molecule has 1 unspecified atom stereocenters. The molecule has 0 spiro atoms. The molecule has 0 bridgehead atoms. The van der Waals surface area contributed by atoms with Gasteiger partial charge in [-0.05, 0) is 19.3 Å². The molecule has 15 heavy (non-hydrogen) atoms. The first kappa shape index (κ1) is 12.8. The first-order valence-corrected chi connectivity index (χ1v) is 6.41. The maximum Gasteiger partial charge on any atom is 0.222 e. The van der Waals surface area contributed by atoms with E-state index in [1.807, 2.05) is 14.0 Å². The van der Waals surface area contributed by atoms with Gasteiger partial charge in [0.25, 0.3) is 0 Å². The highest BCUT2D eigenvalue weighted by atomic mass is 35.5. The molecule has 0 saturated heterocycles. The van der Waals surface area contributed by atoms with Crippen LogP contribution in [0.15, 0.2) is 0 Å². The third-order valence-electron chi connectivity index (χ3n) is 3.19. The van der Waals surface area contributed by atoms with E-state index in [-0.39, 0.29) is 11.3 Å². The molecule has 0 heterocycles. The Morgan fingerprint density at radius 2 is 2.07 bits per heavy atom.